The average molecular weight is 410 g/mol. The summed E-state index contributed by atoms with van der Waals surface area (Å²) >= 11 is 0. The Morgan fingerprint density at radius 2 is 1.63 bits per heavy atom. The lowest BCUT2D eigenvalue weighted by Gasteiger charge is -2.15. The lowest BCUT2D eigenvalue weighted by atomic mass is 9.92. The Morgan fingerprint density at radius 3 is 2.10 bits per heavy atom. The third-order valence-electron chi connectivity index (χ3n) is 6.51. The maximum atomic E-state index is 14.3. The molecule has 1 aliphatic rings. The molecule has 3 nitrogen and oxygen atoms in total. The van der Waals surface area contributed by atoms with Crippen LogP contribution >= 0.6 is 0 Å². The number of nitrogens with zero attached hydrogens (tertiary/aromatic N) is 2. The molecule has 0 saturated carbocycles. The van der Waals surface area contributed by atoms with Crippen molar-refractivity contribution in [2.45, 2.75) is 54.4 Å². The first kappa shape index (κ1) is 22.1. The van der Waals surface area contributed by atoms with Crippen LogP contribution in [-0.2, 0) is 13.5 Å². The van der Waals surface area contributed by atoms with Gasteiger partial charge in [0, 0.05) is 36.5 Å². The Balaban J connectivity index is 2.52. The van der Waals surface area contributed by atoms with Crippen molar-refractivity contribution in [2.24, 2.45) is 7.05 Å². The third kappa shape index (κ3) is 3.32. The second-order valence-corrected chi connectivity index (χ2v) is 7.99. The second kappa shape index (κ2) is 8.25. The van der Waals surface area contributed by atoms with Gasteiger partial charge in [0.1, 0.15) is 0 Å². The molecule has 0 bridgehead atoms. The first-order valence-corrected chi connectivity index (χ1v) is 10.5. The lowest BCUT2D eigenvalue weighted by Crippen LogP contribution is -2.26. The Hall–Kier alpha value is -2.63. The summed E-state index contributed by atoms with van der Waals surface area (Å²) in [5, 5.41) is 0. The quantitative estimate of drug-likeness (QED) is 0.499. The van der Waals surface area contributed by atoms with Crippen LogP contribution < -0.4 is 5.73 Å². The minimum absolute atomic E-state index is 0.593. The Morgan fingerprint density at radius 1 is 1.03 bits per heavy atom. The fourth-order valence-corrected chi connectivity index (χ4v) is 4.93. The molecule has 0 aliphatic carbocycles. The molecule has 2 N–H and O–H groups in total. The Bertz CT molecular complexity index is 1090. The number of anilines is 1. The Kier molecular flexibility index (Phi) is 6.07. The van der Waals surface area contributed by atoms with E-state index in [2.05, 4.69) is 25.3 Å². The first-order chi connectivity index (χ1) is 14.1. The zero-order chi connectivity index (χ0) is 22.3. The summed E-state index contributed by atoms with van der Waals surface area (Å²) in [4.78, 5) is 0. The Labute approximate surface area is 178 Å². The molecule has 0 radical (unpaired) electrons. The molecule has 1 aromatic carbocycles. The van der Waals surface area contributed by atoms with Gasteiger partial charge in [0.15, 0.2) is 11.4 Å². The fourth-order valence-electron chi connectivity index (χ4n) is 4.93. The number of hydrogen-bond acceptors (Lipinski definition) is 1. The third-order valence-corrected chi connectivity index (χ3v) is 6.51. The average Bonchev–Trinajstić information content (AvgIpc) is 3.07. The highest BCUT2D eigenvalue weighted by Crippen LogP contribution is 2.40. The fraction of sp³-hybridized carbons (Fsp3) is 0.375. The number of nitrogens with two attached hydrogens (primary N) is 1. The molecular weight excluding hydrogens is 379 g/mol. The maximum Gasteiger partial charge on any atom is 0.934 e. The van der Waals surface area contributed by atoms with E-state index in [1.54, 1.807) is 6.92 Å². The molecule has 3 rings (SSSR count). The van der Waals surface area contributed by atoms with Crippen molar-refractivity contribution >= 4 is 24.4 Å². The van der Waals surface area contributed by atoms with Crippen molar-refractivity contribution in [3.05, 3.63) is 69.2 Å². The topological polar surface area (TPSA) is 34.0 Å². The number of hydrogen-bond donors (Lipinski definition) is 1. The maximum absolute atomic E-state index is 14.3. The zero-order valence-electron chi connectivity index (χ0n) is 19.0. The summed E-state index contributed by atoms with van der Waals surface area (Å²) in [6.07, 6.45) is 1.61. The minimum atomic E-state index is -2.62. The van der Waals surface area contributed by atoms with Crippen LogP contribution in [-0.4, -0.2) is 22.2 Å². The summed E-state index contributed by atoms with van der Waals surface area (Å²) in [6, 6.07) is 7.53. The molecule has 0 saturated heterocycles. The monoisotopic (exact) mass is 410 g/mol. The van der Waals surface area contributed by atoms with Crippen LogP contribution in [0.4, 0.5) is 14.3 Å². The van der Waals surface area contributed by atoms with Gasteiger partial charge >= 0.3 is 7.40 Å². The predicted octanol–water partition coefficient (Wildman–Crippen LogP) is 5.68. The van der Waals surface area contributed by atoms with Gasteiger partial charge in [-0.25, -0.2) is 13.1 Å². The number of allylic oxidation sites excluding steroid dienone is 2. The molecule has 0 amide bonds. The van der Waals surface area contributed by atoms with Gasteiger partial charge in [-0.15, -0.1) is 0 Å². The van der Waals surface area contributed by atoms with Gasteiger partial charge in [-0.3, -0.25) is 0 Å². The van der Waals surface area contributed by atoms with Crippen LogP contribution in [0.3, 0.4) is 0 Å². The molecule has 2 heterocycles. The van der Waals surface area contributed by atoms with E-state index in [-0.39, 0.29) is 0 Å². The van der Waals surface area contributed by atoms with E-state index in [0.717, 1.165) is 45.7 Å². The van der Waals surface area contributed by atoms with Crippen LogP contribution in [0.2, 0.25) is 0 Å². The van der Waals surface area contributed by atoms with Crippen LogP contribution in [0.5, 0.6) is 0 Å². The molecular formula is C24H31BF2N3+. The van der Waals surface area contributed by atoms with Gasteiger partial charge in [-0.1, -0.05) is 26.0 Å². The van der Waals surface area contributed by atoms with Gasteiger partial charge < -0.3 is 10.3 Å². The summed E-state index contributed by atoms with van der Waals surface area (Å²) in [5.74, 6) is 0. The highest BCUT2D eigenvalue weighted by Gasteiger charge is 2.47. The highest BCUT2D eigenvalue weighted by molar-refractivity contribution is 6.35. The SMILES string of the molecule is CCC1=C(C)C(=C(c2ccc(N)cc2)c2c(C)c(CC)c(C)n2C)[N+](B(F)F)=C1C. The van der Waals surface area contributed by atoms with Crippen molar-refractivity contribution in [1.82, 2.24) is 4.57 Å². The van der Waals surface area contributed by atoms with Crippen LogP contribution in [0.1, 0.15) is 62.2 Å². The van der Waals surface area contributed by atoms with E-state index in [1.165, 1.54) is 10.0 Å². The summed E-state index contributed by atoms with van der Waals surface area (Å²) in [5.41, 5.74) is 16.0. The molecule has 1 aliphatic heterocycles. The minimum Gasteiger partial charge on any atom is -0.399 e. The molecule has 0 spiro atoms. The molecule has 0 atom stereocenters. The van der Waals surface area contributed by atoms with E-state index in [0.29, 0.717) is 23.5 Å². The van der Waals surface area contributed by atoms with Gasteiger partial charge in [-0.05, 0) is 62.4 Å². The van der Waals surface area contributed by atoms with E-state index >= 15 is 0 Å². The molecule has 6 heteroatoms. The van der Waals surface area contributed by atoms with Gasteiger partial charge in [0.25, 0.3) is 0 Å². The van der Waals surface area contributed by atoms with Crippen molar-refractivity contribution in [3.63, 3.8) is 0 Å². The number of nitrogen functional groups attached to an aromatic ring is 1. The second-order valence-electron chi connectivity index (χ2n) is 7.99. The van der Waals surface area contributed by atoms with Crippen LogP contribution in [0.15, 0.2) is 41.1 Å². The van der Waals surface area contributed by atoms with Crippen LogP contribution in [0, 0.1) is 13.8 Å². The molecule has 30 heavy (non-hydrogen) atoms. The summed E-state index contributed by atoms with van der Waals surface area (Å²) < 4.78 is 32.0. The predicted molar refractivity (Wildman–Crippen MR) is 123 cm³/mol. The van der Waals surface area contributed by atoms with Crippen molar-refractivity contribution in [3.8, 4) is 0 Å². The van der Waals surface area contributed by atoms with Crippen LogP contribution in [0.25, 0.3) is 5.57 Å². The summed E-state index contributed by atoms with van der Waals surface area (Å²) in [7, 11) is -0.595. The number of halogens is 2. The molecule has 158 valence electrons. The number of benzene rings is 1. The molecule has 0 unspecified atom stereocenters. The number of rotatable bonds is 5. The molecule has 1 aromatic heterocycles. The van der Waals surface area contributed by atoms with Gasteiger partial charge in [0.2, 0.25) is 0 Å². The van der Waals surface area contributed by atoms with E-state index in [9.17, 15) is 8.63 Å². The highest BCUT2D eigenvalue weighted by atomic mass is 19.2. The van der Waals surface area contributed by atoms with E-state index < -0.39 is 7.40 Å². The lowest BCUT2D eigenvalue weighted by molar-refractivity contribution is -0.343. The van der Waals surface area contributed by atoms with Crippen molar-refractivity contribution < 1.29 is 13.1 Å². The van der Waals surface area contributed by atoms with E-state index in [4.69, 9.17) is 5.73 Å². The normalized spacial score (nSPS) is 16.0. The van der Waals surface area contributed by atoms with Gasteiger partial charge in [-0.2, -0.15) is 0 Å². The standard InChI is InChI=1S/C24H30BF2N3/c1-8-20-14(3)23(29(7)16(20)5)22(18-10-12-19(28)13-11-18)24-15(4)21(9-2)17(6)30(24)25(26)27/h10-13,28H,8-9H2,1-7H3/p+1. The van der Waals surface area contributed by atoms with Crippen molar-refractivity contribution in [2.75, 3.05) is 5.73 Å². The zero-order valence-corrected chi connectivity index (χ0v) is 19.0. The van der Waals surface area contributed by atoms with Gasteiger partial charge in [0.05, 0.1) is 11.3 Å². The number of aromatic nitrogens is 1. The molecule has 2 aromatic rings. The first-order valence-electron chi connectivity index (χ1n) is 10.5. The van der Waals surface area contributed by atoms with E-state index in [1.807, 2.05) is 45.2 Å². The smallest absolute Gasteiger partial charge is 0.399 e. The molecule has 0 fully saturated rings. The largest absolute Gasteiger partial charge is 0.934 e. The summed E-state index contributed by atoms with van der Waals surface area (Å²) in [6.45, 7) is 12.1. The van der Waals surface area contributed by atoms with Crippen molar-refractivity contribution in [1.29, 1.82) is 0 Å².